The van der Waals surface area contributed by atoms with E-state index in [0.717, 1.165) is 0 Å². The third kappa shape index (κ3) is 2.31. The van der Waals surface area contributed by atoms with Crippen LogP contribution in [0.3, 0.4) is 0 Å². The van der Waals surface area contributed by atoms with Crippen LogP contribution in [-0.4, -0.2) is 8.07 Å². The number of benzene rings is 2. The molecule has 0 aromatic heterocycles. The van der Waals surface area contributed by atoms with Gasteiger partial charge in [0, 0.05) is 5.04 Å². The molecule has 1 atom stereocenters. The van der Waals surface area contributed by atoms with Gasteiger partial charge in [0.05, 0.1) is 8.07 Å². The lowest BCUT2D eigenvalue weighted by molar-refractivity contribution is 0.819. The summed E-state index contributed by atoms with van der Waals surface area (Å²) < 4.78 is 0. The Bertz CT molecular complexity index is 542. The molecule has 0 saturated heterocycles. The Labute approximate surface area is 117 Å². The smallest absolute Gasteiger partial charge is 0.0950 e. The van der Waals surface area contributed by atoms with Gasteiger partial charge >= 0.3 is 0 Å². The van der Waals surface area contributed by atoms with Gasteiger partial charge in [0.25, 0.3) is 0 Å². The monoisotopic (exact) mass is 266 g/mol. The zero-order valence-electron chi connectivity index (χ0n) is 12.1. The summed E-state index contributed by atoms with van der Waals surface area (Å²) in [4.78, 5) is 0. The molecule has 2 rings (SSSR count). The molecule has 2 aromatic rings. The van der Waals surface area contributed by atoms with Gasteiger partial charge in [0.2, 0.25) is 0 Å². The summed E-state index contributed by atoms with van der Waals surface area (Å²) in [6.45, 7) is 11.3. The van der Waals surface area contributed by atoms with Crippen LogP contribution in [0.5, 0.6) is 0 Å². The molecule has 0 aliphatic carbocycles. The van der Waals surface area contributed by atoms with Crippen molar-refractivity contribution in [2.24, 2.45) is 0 Å². The van der Waals surface area contributed by atoms with Crippen LogP contribution in [0.15, 0.2) is 73.3 Å². The van der Waals surface area contributed by atoms with Crippen molar-refractivity contribution < 1.29 is 0 Å². The minimum Gasteiger partial charge on any atom is -0.102 e. The Morgan fingerprint density at radius 1 is 0.895 bits per heavy atom. The molecular formula is C18H22Si. The average molecular weight is 266 g/mol. The molecule has 0 aliphatic rings. The lowest BCUT2D eigenvalue weighted by atomic mass is 10.0. The molecule has 0 N–H and O–H groups in total. The first-order chi connectivity index (χ1) is 9.02. The van der Waals surface area contributed by atoms with E-state index >= 15 is 0 Å². The minimum absolute atomic E-state index is 0.0373. The molecule has 0 radical (unpaired) electrons. The molecule has 0 aliphatic heterocycles. The Kier molecular flexibility index (Phi) is 3.77. The molecule has 0 saturated carbocycles. The second-order valence-corrected chi connectivity index (χ2v) is 10.6. The van der Waals surface area contributed by atoms with Gasteiger partial charge in [-0.3, -0.25) is 0 Å². The van der Waals surface area contributed by atoms with Gasteiger partial charge in [-0.2, -0.15) is 0 Å². The summed E-state index contributed by atoms with van der Waals surface area (Å²) >= 11 is 0. The highest BCUT2D eigenvalue weighted by Crippen LogP contribution is 2.34. The van der Waals surface area contributed by atoms with Gasteiger partial charge in [-0.1, -0.05) is 91.9 Å². The van der Waals surface area contributed by atoms with E-state index in [9.17, 15) is 0 Å². The highest BCUT2D eigenvalue weighted by Gasteiger charge is 2.42. The molecule has 0 heterocycles. The van der Waals surface area contributed by atoms with Crippen LogP contribution in [0.4, 0.5) is 0 Å². The highest BCUT2D eigenvalue weighted by atomic mass is 28.3. The molecule has 0 fully saturated rings. The maximum Gasteiger partial charge on any atom is 0.0950 e. The average Bonchev–Trinajstić information content (AvgIpc) is 2.48. The third-order valence-electron chi connectivity index (χ3n) is 4.58. The predicted octanol–water partition coefficient (Wildman–Crippen LogP) is 4.29. The molecule has 2 aromatic carbocycles. The van der Waals surface area contributed by atoms with Gasteiger partial charge in [-0.15, -0.1) is 6.58 Å². The Balaban J connectivity index is 2.55. The molecule has 98 valence electrons. The molecule has 1 heteroatoms. The van der Waals surface area contributed by atoms with Gasteiger partial charge in [0.1, 0.15) is 0 Å². The van der Waals surface area contributed by atoms with E-state index < -0.39 is 8.07 Å². The van der Waals surface area contributed by atoms with E-state index in [1.807, 2.05) is 0 Å². The molecular weight excluding hydrogens is 244 g/mol. The number of hydrogen-bond donors (Lipinski definition) is 0. The highest BCUT2D eigenvalue weighted by molar-refractivity contribution is 6.92. The number of hydrogen-bond acceptors (Lipinski definition) is 0. The minimum atomic E-state index is -1.69. The topological polar surface area (TPSA) is 0 Å². The van der Waals surface area contributed by atoms with Crippen molar-refractivity contribution in [3.05, 3.63) is 78.9 Å². The Morgan fingerprint density at radius 3 is 1.84 bits per heavy atom. The van der Waals surface area contributed by atoms with E-state index in [-0.39, 0.29) is 5.04 Å². The molecule has 0 amide bonds. The fourth-order valence-corrected chi connectivity index (χ4v) is 5.70. The quantitative estimate of drug-likeness (QED) is 0.572. The first-order valence-electron chi connectivity index (χ1n) is 6.77. The van der Waals surface area contributed by atoms with Crippen LogP contribution >= 0.6 is 0 Å². The van der Waals surface area contributed by atoms with Gasteiger partial charge in [-0.25, -0.2) is 0 Å². The van der Waals surface area contributed by atoms with Crippen LogP contribution in [0, 0.1) is 0 Å². The lowest BCUT2D eigenvalue weighted by Crippen LogP contribution is -2.57. The molecule has 0 bridgehead atoms. The standard InChI is InChI=1S/C18H22Si/c1-5-18(2,16-12-8-6-9-13-16)19(3,4)17-14-10-7-11-15-17/h5-15H,1H2,2-4H3. The van der Waals surface area contributed by atoms with Crippen LogP contribution in [0.25, 0.3) is 0 Å². The van der Waals surface area contributed by atoms with Gasteiger partial charge in [-0.05, 0) is 5.56 Å². The van der Waals surface area contributed by atoms with Crippen molar-refractivity contribution in [3.8, 4) is 0 Å². The van der Waals surface area contributed by atoms with E-state index in [0.29, 0.717) is 0 Å². The summed E-state index contributed by atoms with van der Waals surface area (Å²) in [7, 11) is -1.69. The maximum atomic E-state index is 4.14. The zero-order valence-corrected chi connectivity index (χ0v) is 13.1. The summed E-state index contributed by atoms with van der Waals surface area (Å²) in [5, 5.41) is 1.51. The number of allylic oxidation sites excluding steroid dienone is 1. The molecule has 19 heavy (non-hydrogen) atoms. The van der Waals surface area contributed by atoms with Crippen molar-refractivity contribution in [1.29, 1.82) is 0 Å². The van der Waals surface area contributed by atoms with E-state index in [2.05, 4.69) is 93.3 Å². The van der Waals surface area contributed by atoms with Crippen LogP contribution in [0.2, 0.25) is 13.1 Å². The Hall–Kier alpha value is -1.60. The lowest BCUT2D eigenvalue weighted by Gasteiger charge is -2.41. The van der Waals surface area contributed by atoms with Gasteiger partial charge < -0.3 is 0 Å². The largest absolute Gasteiger partial charge is 0.102 e. The fraction of sp³-hybridized carbons (Fsp3) is 0.222. The van der Waals surface area contributed by atoms with Crippen LogP contribution in [0.1, 0.15) is 12.5 Å². The van der Waals surface area contributed by atoms with Crippen molar-refractivity contribution in [2.45, 2.75) is 25.1 Å². The zero-order chi connectivity index (χ0) is 13.9. The van der Waals surface area contributed by atoms with E-state index in [4.69, 9.17) is 0 Å². The van der Waals surface area contributed by atoms with Crippen molar-refractivity contribution in [2.75, 3.05) is 0 Å². The van der Waals surface area contributed by atoms with E-state index in [1.54, 1.807) is 0 Å². The first kappa shape index (κ1) is 13.8. The SMILES string of the molecule is C=CC(C)(c1ccccc1)[Si](C)(C)c1ccccc1. The predicted molar refractivity (Wildman–Crippen MR) is 87.5 cm³/mol. The van der Waals surface area contributed by atoms with Crippen LogP contribution in [-0.2, 0) is 5.04 Å². The molecule has 0 spiro atoms. The number of rotatable bonds is 4. The van der Waals surface area contributed by atoms with Gasteiger partial charge in [0.15, 0.2) is 0 Å². The van der Waals surface area contributed by atoms with Crippen LogP contribution < -0.4 is 5.19 Å². The fourth-order valence-electron chi connectivity index (χ4n) is 2.67. The summed E-state index contributed by atoms with van der Waals surface area (Å²) in [5.74, 6) is 0. The van der Waals surface area contributed by atoms with E-state index in [1.165, 1.54) is 10.8 Å². The maximum absolute atomic E-state index is 4.14. The Morgan fingerprint density at radius 2 is 1.37 bits per heavy atom. The second kappa shape index (κ2) is 5.18. The van der Waals surface area contributed by atoms with Crippen molar-refractivity contribution in [3.63, 3.8) is 0 Å². The third-order valence-corrected chi connectivity index (χ3v) is 9.44. The molecule has 1 unspecified atom stereocenters. The summed E-state index contributed by atoms with van der Waals surface area (Å²) in [5.41, 5.74) is 1.37. The normalized spacial score (nSPS) is 14.7. The summed E-state index contributed by atoms with van der Waals surface area (Å²) in [6, 6.07) is 21.6. The molecule has 0 nitrogen and oxygen atoms in total. The van der Waals surface area contributed by atoms with Crippen molar-refractivity contribution in [1.82, 2.24) is 0 Å². The second-order valence-electron chi connectivity index (χ2n) is 5.76. The summed E-state index contributed by atoms with van der Waals surface area (Å²) in [6.07, 6.45) is 2.14. The first-order valence-corrected chi connectivity index (χ1v) is 9.77. The van der Waals surface area contributed by atoms with Crippen molar-refractivity contribution >= 4 is 13.3 Å².